The highest BCUT2D eigenvalue weighted by molar-refractivity contribution is 6.33. The van der Waals surface area contributed by atoms with Crippen molar-refractivity contribution in [3.05, 3.63) is 16.8 Å². The Morgan fingerprint density at radius 1 is 1.58 bits per heavy atom. The van der Waals surface area contributed by atoms with Crippen LogP contribution in [0.3, 0.4) is 0 Å². The van der Waals surface area contributed by atoms with Gasteiger partial charge in [-0.05, 0) is 0 Å². The number of hydrogen-bond acceptors (Lipinski definition) is 3. The van der Waals surface area contributed by atoms with Gasteiger partial charge in [0.15, 0.2) is 0 Å². The van der Waals surface area contributed by atoms with Crippen LogP contribution in [0.15, 0.2) is 6.20 Å². The quantitative estimate of drug-likeness (QED) is 0.719. The van der Waals surface area contributed by atoms with E-state index in [9.17, 15) is 8.78 Å². The van der Waals surface area contributed by atoms with Crippen molar-refractivity contribution in [3.63, 3.8) is 0 Å². The Hall–Kier alpha value is -1.10. The lowest BCUT2D eigenvalue weighted by molar-refractivity contribution is 0.147. The van der Waals surface area contributed by atoms with Gasteiger partial charge in [-0.2, -0.15) is 0 Å². The number of halogens is 3. The molecule has 66 valence electrons. The molecule has 6 heteroatoms. The fourth-order valence-electron chi connectivity index (χ4n) is 0.715. The molecule has 3 nitrogen and oxygen atoms in total. The first-order valence-electron chi connectivity index (χ1n) is 2.95. The first-order valence-corrected chi connectivity index (χ1v) is 3.32. The van der Waals surface area contributed by atoms with Crippen molar-refractivity contribution >= 4 is 17.4 Å². The van der Waals surface area contributed by atoms with E-state index in [1.807, 2.05) is 0 Å². The van der Waals surface area contributed by atoms with Crippen LogP contribution >= 0.6 is 11.6 Å². The number of alkyl halides is 2. The maximum absolute atomic E-state index is 12.1. The van der Waals surface area contributed by atoms with E-state index < -0.39 is 22.8 Å². The molecule has 12 heavy (non-hydrogen) atoms. The van der Waals surface area contributed by atoms with Gasteiger partial charge >= 0.3 is 0 Å². The Morgan fingerprint density at radius 3 is 2.58 bits per heavy atom. The Morgan fingerprint density at radius 2 is 2.17 bits per heavy atom. The predicted octanol–water partition coefficient (Wildman–Crippen LogP) is 1.96. The minimum absolute atomic E-state index is 0.218. The second-order valence-electron chi connectivity index (χ2n) is 2.06. The van der Waals surface area contributed by atoms with E-state index in [1.54, 1.807) is 0 Å². The molecule has 0 atom stereocenters. The molecule has 0 aliphatic heterocycles. The lowest BCUT2D eigenvalue weighted by Crippen LogP contribution is -1.96. The molecule has 0 amide bonds. The zero-order chi connectivity index (χ0) is 9.30. The zero-order valence-corrected chi connectivity index (χ0v) is 6.52. The largest absolute Gasteiger partial charge is 0.506 e. The number of aromatic hydroxyl groups is 1. The summed E-state index contributed by atoms with van der Waals surface area (Å²) in [6, 6.07) is 0. The highest BCUT2D eigenvalue weighted by Gasteiger charge is 2.19. The van der Waals surface area contributed by atoms with Crippen molar-refractivity contribution in [1.29, 1.82) is 0 Å². The zero-order valence-electron chi connectivity index (χ0n) is 5.76. The first kappa shape index (κ1) is 8.99. The van der Waals surface area contributed by atoms with Gasteiger partial charge in [0.2, 0.25) is 0 Å². The van der Waals surface area contributed by atoms with E-state index in [2.05, 4.69) is 4.98 Å². The summed E-state index contributed by atoms with van der Waals surface area (Å²) < 4.78 is 24.3. The predicted molar refractivity (Wildman–Crippen MR) is 40.3 cm³/mol. The summed E-state index contributed by atoms with van der Waals surface area (Å²) in [5.74, 6) is -0.867. The van der Waals surface area contributed by atoms with Gasteiger partial charge < -0.3 is 10.8 Å². The second-order valence-corrected chi connectivity index (χ2v) is 2.43. The SMILES string of the molecule is Nc1ncc(O)c(C(F)F)c1Cl. The topological polar surface area (TPSA) is 59.1 Å². The van der Waals surface area contributed by atoms with Crippen LogP contribution in [-0.4, -0.2) is 10.1 Å². The van der Waals surface area contributed by atoms with E-state index in [0.717, 1.165) is 6.20 Å². The van der Waals surface area contributed by atoms with E-state index in [4.69, 9.17) is 22.4 Å². The summed E-state index contributed by atoms with van der Waals surface area (Å²) in [4.78, 5) is 3.38. The standard InChI is InChI=1S/C6H5ClF2N2O/c7-4-3(5(8)9)2(12)1-11-6(4)10/h1,5,12H,(H2,10,11). The second kappa shape index (κ2) is 3.10. The van der Waals surface area contributed by atoms with Crippen LogP contribution in [0.1, 0.15) is 12.0 Å². The summed E-state index contributed by atoms with van der Waals surface area (Å²) in [6.45, 7) is 0. The smallest absolute Gasteiger partial charge is 0.269 e. The maximum Gasteiger partial charge on any atom is 0.269 e. The molecule has 1 aromatic heterocycles. The third kappa shape index (κ3) is 1.40. The highest BCUT2D eigenvalue weighted by atomic mass is 35.5. The van der Waals surface area contributed by atoms with Gasteiger partial charge in [0.25, 0.3) is 6.43 Å². The molecule has 0 bridgehead atoms. The average Bonchev–Trinajstić information content (AvgIpc) is 1.97. The van der Waals surface area contributed by atoms with E-state index in [0.29, 0.717) is 0 Å². The van der Waals surface area contributed by atoms with Crippen LogP contribution < -0.4 is 5.73 Å². The molecule has 0 spiro atoms. The van der Waals surface area contributed by atoms with Crippen molar-refractivity contribution in [3.8, 4) is 5.75 Å². The number of nitrogens with two attached hydrogens (primary N) is 1. The fourth-order valence-corrected chi connectivity index (χ4v) is 0.943. The Balaban J connectivity index is 3.33. The molecular formula is C6H5ClF2N2O. The summed E-state index contributed by atoms with van der Waals surface area (Å²) in [5.41, 5.74) is 4.46. The number of nitrogen functional groups attached to an aromatic ring is 1. The molecule has 1 aromatic rings. The van der Waals surface area contributed by atoms with Crippen LogP contribution in [-0.2, 0) is 0 Å². The fraction of sp³-hybridized carbons (Fsp3) is 0.167. The van der Waals surface area contributed by atoms with Crippen LogP contribution in [0.5, 0.6) is 5.75 Å². The van der Waals surface area contributed by atoms with Gasteiger partial charge in [-0.15, -0.1) is 0 Å². The third-order valence-electron chi connectivity index (χ3n) is 1.28. The van der Waals surface area contributed by atoms with Crippen molar-refractivity contribution in [1.82, 2.24) is 4.98 Å². The van der Waals surface area contributed by atoms with Gasteiger partial charge in [0, 0.05) is 0 Å². The molecule has 1 heterocycles. The van der Waals surface area contributed by atoms with Crippen LogP contribution in [0, 0.1) is 0 Å². The van der Waals surface area contributed by atoms with Gasteiger partial charge in [0.05, 0.1) is 16.8 Å². The molecule has 0 aromatic carbocycles. The summed E-state index contributed by atoms with van der Waals surface area (Å²) in [7, 11) is 0. The lowest BCUT2D eigenvalue weighted by Gasteiger charge is -2.06. The molecular weight excluding hydrogens is 190 g/mol. The molecule has 0 aliphatic carbocycles. The van der Waals surface area contributed by atoms with Gasteiger partial charge in [-0.25, -0.2) is 13.8 Å². The number of aromatic nitrogens is 1. The van der Waals surface area contributed by atoms with Crippen molar-refractivity contribution in [2.75, 3.05) is 5.73 Å². The normalized spacial score (nSPS) is 10.7. The summed E-state index contributed by atoms with van der Waals surface area (Å²) in [6.07, 6.45) is -2.02. The van der Waals surface area contributed by atoms with Gasteiger partial charge in [0.1, 0.15) is 11.6 Å². The van der Waals surface area contributed by atoms with Crippen molar-refractivity contribution in [2.24, 2.45) is 0 Å². The highest BCUT2D eigenvalue weighted by Crippen LogP contribution is 2.36. The van der Waals surface area contributed by atoms with Crippen molar-refractivity contribution < 1.29 is 13.9 Å². The number of anilines is 1. The minimum atomic E-state index is -2.86. The average molecular weight is 195 g/mol. The monoisotopic (exact) mass is 194 g/mol. The van der Waals surface area contributed by atoms with Gasteiger partial charge in [-0.1, -0.05) is 11.6 Å². The molecule has 0 saturated heterocycles. The summed E-state index contributed by atoms with van der Waals surface area (Å²) >= 11 is 5.37. The van der Waals surface area contributed by atoms with Crippen LogP contribution in [0.4, 0.5) is 14.6 Å². The Labute approximate surface area is 71.8 Å². The Bertz CT molecular complexity index is 306. The molecule has 0 fully saturated rings. The Kier molecular flexibility index (Phi) is 2.32. The molecule has 0 saturated carbocycles. The first-order chi connectivity index (χ1) is 5.54. The molecule has 0 radical (unpaired) electrons. The number of pyridine rings is 1. The summed E-state index contributed by atoms with van der Waals surface area (Å²) in [5, 5.41) is 8.51. The molecule has 0 unspecified atom stereocenters. The van der Waals surface area contributed by atoms with Crippen molar-refractivity contribution in [2.45, 2.75) is 6.43 Å². The number of hydrogen-bond donors (Lipinski definition) is 2. The maximum atomic E-state index is 12.1. The van der Waals surface area contributed by atoms with E-state index >= 15 is 0 Å². The molecule has 0 aliphatic rings. The third-order valence-corrected chi connectivity index (χ3v) is 1.68. The van der Waals surface area contributed by atoms with E-state index in [1.165, 1.54) is 0 Å². The minimum Gasteiger partial charge on any atom is -0.506 e. The number of nitrogens with zero attached hydrogens (tertiary/aromatic N) is 1. The lowest BCUT2D eigenvalue weighted by atomic mass is 10.2. The van der Waals surface area contributed by atoms with Crippen LogP contribution in [0.2, 0.25) is 5.02 Å². The van der Waals surface area contributed by atoms with E-state index in [-0.39, 0.29) is 5.82 Å². The molecule has 1 rings (SSSR count). The molecule has 3 N–H and O–H groups in total. The van der Waals surface area contributed by atoms with Gasteiger partial charge in [-0.3, -0.25) is 0 Å². The number of rotatable bonds is 1. The van der Waals surface area contributed by atoms with Crippen LogP contribution in [0.25, 0.3) is 0 Å².